The summed E-state index contributed by atoms with van der Waals surface area (Å²) in [4.78, 5) is 31.3. The Morgan fingerprint density at radius 1 is 1.03 bits per heavy atom. The van der Waals surface area contributed by atoms with Gasteiger partial charge in [-0.2, -0.15) is 0 Å². The number of likely N-dealkylation sites (N-methyl/N-ethyl adjacent to an activating group) is 1. The van der Waals surface area contributed by atoms with Crippen LogP contribution in [-0.4, -0.2) is 56.1 Å². The average Bonchev–Trinajstić information content (AvgIpc) is 3.11. The molecule has 1 amide bonds. The molecular formula is C30H38N2O5. The molecular weight excluding hydrogens is 468 g/mol. The summed E-state index contributed by atoms with van der Waals surface area (Å²) in [6, 6.07) is 8.82. The molecule has 0 N–H and O–H groups in total. The number of hydrogen-bond donors (Lipinski definition) is 0. The second-order valence-electron chi connectivity index (χ2n) is 10.5. The first-order valence-corrected chi connectivity index (χ1v) is 13.1. The molecule has 2 aromatic carbocycles. The van der Waals surface area contributed by atoms with Crippen LogP contribution in [0, 0.1) is 19.8 Å². The monoisotopic (exact) mass is 506 g/mol. The predicted molar refractivity (Wildman–Crippen MR) is 146 cm³/mol. The Labute approximate surface area is 219 Å². The van der Waals surface area contributed by atoms with Crippen molar-refractivity contribution in [2.45, 2.75) is 47.1 Å². The summed E-state index contributed by atoms with van der Waals surface area (Å²) >= 11 is 0. The SMILES string of the molecule is CCOc1cc(C2c3c(oc4cc(C)c(C)cc4c3=O)C(=O)N2CCN(C)C)ccc1OCCC(C)C. The van der Waals surface area contributed by atoms with Crippen LogP contribution in [-0.2, 0) is 0 Å². The van der Waals surface area contributed by atoms with Gasteiger partial charge in [-0.1, -0.05) is 19.9 Å². The van der Waals surface area contributed by atoms with Crippen molar-refractivity contribution in [3.63, 3.8) is 0 Å². The summed E-state index contributed by atoms with van der Waals surface area (Å²) in [5.74, 6) is 1.65. The van der Waals surface area contributed by atoms with Crippen LogP contribution in [0.25, 0.3) is 11.0 Å². The summed E-state index contributed by atoms with van der Waals surface area (Å²) < 4.78 is 18.1. The Morgan fingerprint density at radius 2 is 1.76 bits per heavy atom. The first-order chi connectivity index (χ1) is 17.6. The normalized spacial score (nSPS) is 15.2. The highest BCUT2D eigenvalue weighted by Crippen LogP contribution is 2.41. The van der Waals surface area contributed by atoms with Gasteiger partial charge in [0, 0.05) is 13.1 Å². The molecule has 0 bridgehead atoms. The topological polar surface area (TPSA) is 72.2 Å². The summed E-state index contributed by atoms with van der Waals surface area (Å²) in [6.07, 6.45) is 0.934. The quantitative estimate of drug-likeness (QED) is 0.370. The predicted octanol–water partition coefficient (Wildman–Crippen LogP) is 5.34. The molecule has 4 rings (SSSR count). The summed E-state index contributed by atoms with van der Waals surface area (Å²) in [7, 11) is 3.92. The maximum Gasteiger partial charge on any atom is 0.290 e. The fourth-order valence-corrected chi connectivity index (χ4v) is 4.65. The highest BCUT2D eigenvalue weighted by Gasteiger charge is 2.43. The van der Waals surface area contributed by atoms with Crippen LogP contribution in [0.1, 0.15) is 66.0 Å². The molecule has 1 aromatic heterocycles. The van der Waals surface area contributed by atoms with Crippen LogP contribution in [0.5, 0.6) is 11.5 Å². The molecule has 198 valence electrons. The van der Waals surface area contributed by atoms with Gasteiger partial charge in [0.25, 0.3) is 5.91 Å². The summed E-state index contributed by atoms with van der Waals surface area (Å²) in [6.45, 7) is 12.3. The van der Waals surface area contributed by atoms with Crippen molar-refractivity contribution in [3.05, 3.63) is 68.6 Å². The van der Waals surface area contributed by atoms with Gasteiger partial charge in [-0.15, -0.1) is 0 Å². The molecule has 0 saturated heterocycles. The highest BCUT2D eigenvalue weighted by molar-refractivity contribution is 5.99. The number of carbonyl (C=O) groups excluding carboxylic acids is 1. The van der Waals surface area contributed by atoms with Crippen LogP contribution in [0.15, 0.2) is 39.5 Å². The fourth-order valence-electron chi connectivity index (χ4n) is 4.65. The number of hydrogen-bond acceptors (Lipinski definition) is 6. The van der Waals surface area contributed by atoms with E-state index in [1.54, 1.807) is 4.90 Å². The Morgan fingerprint density at radius 3 is 2.43 bits per heavy atom. The van der Waals surface area contributed by atoms with E-state index >= 15 is 0 Å². The first-order valence-electron chi connectivity index (χ1n) is 13.1. The second kappa shape index (κ2) is 11.0. The number of amides is 1. The van der Waals surface area contributed by atoms with E-state index in [9.17, 15) is 9.59 Å². The van der Waals surface area contributed by atoms with E-state index in [2.05, 4.69) is 13.8 Å². The lowest BCUT2D eigenvalue weighted by Crippen LogP contribution is -2.35. The van der Waals surface area contributed by atoms with Crippen LogP contribution < -0.4 is 14.9 Å². The van der Waals surface area contributed by atoms with Crippen molar-refractivity contribution in [3.8, 4) is 11.5 Å². The van der Waals surface area contributed by atoms with Gasteiger partial charge in [0.1, 0.15) is 5.58 Å². The molecule has 7 nitrogen and oxygen atoms in total. The Hall–Kier alpha value is -3.32. The maximum absolute atomic E-state index is 13.9. The third-order valence-electron chi connectivity index (χ3n) is 6.91. The number of rotatable bonds is 10. The van der Waals surface area contributed by atoms with Gasteiger partial charge in [-0.05, 0) is 88.2 Å². The molecule has 1 atom stereocenters. The molecule has 0 fully saturated rings. The van der Waals surface area contributed by atoms with Crippen molar-refractivity contribution in [1.29, 1.82) is 0 Å². The van der Waals surface area contributed by atoms with Crippen LogP contribution >= 0.6 is 0 Å². The molecule has 0 aliphatic carbocycles. The second-order valence-corrected chi connectivity index (χ2v) is 10.5. The molecule has 1 aliphatic heterocycles. The minimum Gasteiger partial charge on any atom is -0.490 e. The van der Waals surface area contributed by atoms with Gasteiger partial charge in [0.05, 0.1) is 30.2 Å². The van der Waals surface area contributed by atoms with Crippen molar-refractivity contribution in [2.75, 3.05) is 40.4 Å². The zero-order chi connectivity index (χ0) is 26.9. The molecule has 7 heteroatoms. The first kappa shape index (κ1) is 26.7. The van der Waals surface area contributed by atoms with Gasteiger partial charge in [0.15, 0.2) is 16.9 Å². The summed E-state index contributed by atoms with van der Waals surface area (Å²) in [5, 5.41) is 0.493. The van der Waals surface area contributed by atoms with Crippen molar-refractivity contribution < 1.29 is 18.7 Å². The lowest BCUT2D eigenvalue weighted by molar-refractivity contribution is 0.0716. The molecule has 0 spiro atoms. The van der Waals surface area contributed by atoms with Gasteiger partial charge < -0.3 is 23.7 Å². The Bertz CT molecular complexity index is 1360. The van der Waals surface area contributed by atoms with E-state index in [1.807, 2.05) is 70.1 Å². The standard InChI is InChI=1S/C30H38N2O5/c1-8-35-25-17-21(9-10-23(25)36-14-11-18(2)3)27-26-28(33)22-15-19(4)20(5)16-24(22)37-29(26)30(34)32(27)13-12-31(6)7/h9-10,15-18,27H,8,11-14H2,1-7H3. The van der Waals surface area contributed by atoms with Gasteiger partial charge >= 0.3 is 0 Å². The van der Waals surface area contributed by atoms with E-state index in [4.69, 9.17) is 13.9 Å². The number of ether oxygens (including phenoxy) is 2. The van der Waals surface area contributed by atoms with Crippen molar-refractivity contribution in [1.82, 2.24) is 9.80 Å². The zero-order valence-corrected chi connectivity index (χ0v) is 23.0. The van der Waals surface area contributed by atoms with Gasteiger partial charge in [-0.25, -0.2) is 0 Å². The van der Waals surface area contributed by atoms with E-state index in [0.717, 1.165) is 23.1 Å². The van der Waals surface area contributed by atoms with Gasteiger partial charge in [0.2, 0.25) is 5.76 Å². The fraction of sp³-hybridized carbons (Fsp3) is 0.467. The Balaban J connectivity index is 1.85. The number of aryl methyl sites for hydroxylation is 2. The van der Waals surface area contributed by atoms with Crippen LogP contribution in [0.2, 0.25) is 0 Å². The summed E-state index contributed by atoms with van der Waals surface area (Å²) in [5.41, 5.74) is 3.47. The molecule has 2 heterocycles. The smallest absolute Gasteiger partial charge is 0.290 e. The molecule has 37 heavy (non-hydrogen) atoms. The highest BCUT2D eigenvalue weighted by atomic mass is 16.5. The van der Waals surface area contributed by atoms with Crippen molar-refractivity contribution in [2.24, 2.45) is 5.92 Å². The minimum absolute atomic E-state index is 0.125. The largest absolute Gasteiger partial charge is 0.490 e. The number of carbonyl (C=O) groups is 1. The lowest BCUT2D eigenvalue weighted by Gasteiger charge is -2.27. The third-order valence-corrected chi connectivity index (χ3v) is 6.91. The average molecular weight is 507 g/mol. The number of fused-ring (bicyclic) bond motifs is 2. The van der Waals surface area contributed by atoms with Crippen LogP contribution in [0.3, 0.4) is 0 Å². The maximum atomic E-state index is 13.9. The van der Waals surface area contributed by atoms with E-state index in [0.29, 0.717) is 60.3 Å². The molecule has 3 aromatic rings. The number of nitrogens with zero attached hydrogens (tertiary/aromatic N) is 2. The number of benzene rings is 2. The van der Waals surface area contributed by atoms with E-state index < -0.39 is 6.04 Å². The van der Waals surface area contributed by atoms with Crippen LogP contribution in [0.4, 0.5) is 0 Å². The Kier molecular flexibility index (Phi) is 7.93. The molecule has 0 radical (unpaired) electrons. The third kappa shape index (κ3) is 5.37. The minimum atomic E-state index is -0.575. The molecule has 1 aliphatic rings. The van der Waals surface area contributed by atoms with E-state index in [-0.39, 0.29) is 17.1 Å². The lowest BCUT2D eigenvalue weighted by atomic mass is 9.97. The van der Waals surface area contributed by atoms with Gasteiger partial charge in [-0.3, -0.25) is 9.59 Å². The van der Waals surface area contributed by atoms with E-state index in [1.165, 1.54) is 0 Å². The zero-order valence-electron chi connectivity index (χ0n) is 23.0. The molecule has 1 unspecified atom stereocenters. The molecule has 0 saturated carbocycles. The van der Waals surface area contributed by atoms with Crippen molar-refractivity contribution >= 4 is 16.9 Å².